The van der Waals surface area contributed by atoms with Crippen molar-refractivity contribution in [3.05, 3.63) is 35.6 Å². The van der Waals surface area contributed by atoms with Crippen LogP contribution in [0.2, 0.25) is 0 Å². The zero-order valence-corrected chi connectivity index (χ0v) is 14.3. The van der Waals surface area contributed by atoms with Crippen LogP contribution in [0.25, 0.3) is 0 Å². The van der Waals surface area contributed by atoms with Gasteiger partial charge in [0, 0.05) is 24.4 Å². The summed E-state index contributed by atoms with van der Waals surface area (Å²) in [5.74, 6) is 0.708. The molecular formula is C17H26FN3S. The summed E-state index contributed by atoms with van der Waals surface area (Å²) in [6.45, 7) is 3.49. The maximum Gasteiger partial charge on any atom is 0.191 e. The summed E-state index contributed by atoms with van der Waals surface area (Å²) in [5.41, 5.74) is 0.727. The largest absolute Gasteiger partial charge is 0.357 e. The Hall–Kier alpha value is -1.23. The first-order valence-electron chi connectivity index (χ1n) is 8.04. The molecule has 1 aliphatic carbocycles. The van der Waals surface area contributed by atoms with Crippen LogP contribution in [0.5, 0.6) is 0 Å². The summed E-state index contributed by atoms with van der Waals surface area (Å²) in [5, 5.41) is 7.56. The molecule has 22 heavy (non-hydrogen) atoms. The van der Waals surface area contributed by atoms with Crippen LogP contribution in [-0.2, 0) is 6.42 Å². The Morgan fingerprint density at radius 1 is 1.36 bits per heavy atom. The smallest absolute Gasteiger partial charge is 0.191 e. The standard InChI is InChI=1S/C17H26FN3S/c1-3-19-17(21-14-8-9-15(12-14)22-2)20-11-10-13-6-4-5-7-16(13)18/h4-7,14-15H,3,8-12H2,1-2H3,(H2,19,20,21). The molecule has 0 heterocycles. The second-order valence-electron chi connectivity index (χ2n) is 5.61. The van der Waals surface area contributed by atoms with Gasteiger partial charge in [-0.05, 0) is 50.5 Å². The van der Waals surface area contributed by atoms with E-state index >= 15 is 0 Å². The molecule has 0 aliphatic heterocycles. The predicted molar refractivity (Wildman–Crippen MR) is 94.2 cm³/mol. The number of benzene rings is 1. The van der Waals surface area contributed by atoms with Gasteiger partial charge in [-0.15, -0.1) is 0 Å². The van der Waals surface area contributed by atoms with Crippen molar-refractivity contribution < 1.29 is 4.39 Å². The Kier molecular flexibility index (Phi) is 7.03. The van der Waals surface area contributed by atoms with Gasteiger partial charge in [0.15, 0.2) is 5.96 Å². The number of nitrogens with zero attached hydrogens (tertiary/aromatic N) is 1. The van der Waals surface area contributed by atoms with E-state index in [0.717, 1.165) is 23.3 Å². The zero-order chi connectivity index (χ0) is 15.8. The van der Waals surface area contributed by atoms with Gasteiger partial charge in [0.1, 0.15) is 5.82 Å². The molecule has 0 saturated heterocycles. The van der Waals surface area contributed by atoms with Crippen molar-refractivity contribution in [2.24, 2.45) is 4.99 Å². The number of guanidine groups is 1. The summed E-state index contributed by atoms with van der Waals surface area (Å²) >= 11 is 1.95. The molecule has 0 aromatic heterocycles. The monoisotopic (exact) mass is 323 g/mol. The van der Waals surface area contributed by atoms with E-state index in [1.54, 1.807) is 6.07 Å². The highest BCUT2D eigenvalue weighted by Crippen LogP contribution is 2.27. The molecule has 2 atom stereocenters. The number of hydrogen-bond donors (Lipinski definition) is 2. The number of hydrogen-bond acceptors (Lipinski definition) is 2. The minimum Gasteiger partial charge on any atom is -0.357 e. The molecule has 122 valence electrons. The van der Waals surface area contributed by atoms with E-state index in [1.165, 1.54) is 25.3 Å². The van der Waals surface area contributed by atoms with E-state index in [-0.39, 0.29) is 5.82 Å². The molecule has 2 unspecified atom stereocenters. The summed E-state index contributed by atoms with van der Waals surface area (Å²) in [6, 6.07) is 7.42. The van der Waals surface area contributed by atoms with Gasteiger partial charge in [0.25, 0.3) is 0 Å². The van der Waals surface area contributed by atoms with Gasteiger partial charge < -0.3 is 10.6 Å². The average Bonchev–Trinajstić information content (AvgIpc) is 2.97. The topological polar surface area (TPSA) is 36.4 Å². The van der Waals surface area contributed by atoms with Crippen molar-refractivity contribution in [2.75, 3.05) is 19.3 Å². The van der Waals surface area contributed by atoms with Crippen molar-refractivity contribution in [3.8, 4) is 0 Å². The van der Waals surface area contributed by atoms with Crippen molar-refractivity contribution in [1.29, 1.82) is 0 Å². The van der Waals surface area contributed by atoms with Crippen molar-refractivity contribution >= 4 is 17.7 Å². The maximum absolute atomic E-state index is 13.6. The number of rotatable bonds is 6. The molecular weight excluding hydrogens is 297 g/mol. The Labute approximate surface area is 137 Å². The van der Waals surface area contributed by atoms with Crippen LogP contribution < -0.4 is 10.6 Å². The van der Waals surface area contributed by atoms with E-state index < -0.39 is 0 Å². The Morgan fingerprint density at radius 3 is 2.86 bits per heavy atom. The fourth-order valence-electron chi connectivity index (χ4n) is 2.79. The van der Waals surface area contributed by atoms with E-state index in [0.29, 0.717) is 19.0 Å². The van der Waals surface area contributed by atoms with Gasteiger partial charge in [-0.1, -0.05) is 18.2 Å². The second-order valence-corrected chi connectivity index (χ2v) is 6.75. The molecule has 3 nitrogen and oxygen atoms in total. The molecule has 0 bridgehead atoms. The summed E-state index contributed by atoms with van der Waals surface area (Å²) < 4.78 is 13.6. The molecule has 0 radical (unpaired) electrons. The van der Waals surface area contributed by atoms with E-state index in [2.05, 4.69) is 28.8 Å². The van der Waals surface area contributed by atoms with Crippen LogP contribution in [-0.4, -0.2) is 36.6 Å². The summed E-state index contributed by atoms with van der Waals surface area (Å²) in [4.78, 5) is 4.59. The molecule has 0 amide bonds. The highest BCUT2D eigenvalue weighted by atomic mass is 32.2. The molecule has 1 aromatic carbocycles. The molecule has 2 rings (SSSR count). The highest BCUT2D eigenvalue weighted by molar-refractivity contribution is 7.99. The molecule has 1 aromatic rings. The van der Waals surface area contributed by atoms with Crippen molar-refractivity contribution in [1.82, 2.24) is 10.6 Å². The molecule has 2 N–H and O–H groups in total. The molecule has 5 heteroatoms. The number of aliphatic imine (C=N–C) groups is 1. The first-order chi connectivity index (χ1) is 10.7. The lowest BCUT2D eigenvalue weighted by molar-refractivity contribution is 0.605. The Bertz CT molecular complexity index is 493. The fraction of sp³-hybridized carbons (Fsp3) is 0.588. The molecule has 1 fully saturated rings. The zero-order valence-electron chi connectivity index (χ0n) is 13.4. The van der Waals surface area contributed by atoms with Crippen LogP contribution in [0.4, 0.5) is 4.39 Å². The van der Waals surface area contributed by atoms with Crippen LogP contribution in [0.15, 0.2) is 29.3 Å². The van der Waals surface area contributed by atoms with Gasteiger partial charge in [0.2, 0.25) is 0 Å². The van der Waals surface area contributed by atoms with E-state index in [4.69, 9.17) is 0 Å². The van der Waals surface area contributed by atoms with Gasteiger partial charge in [0.05, 0.1) is 0 Å². The Balaban J connectivity index is 1.86. The third-order valence-corrected chi connectivity index (χ3v) is 5.11. The fourth-order valence-corrected chi connectivity index (χ4v) is 3.58. The lowest BCUT2D eigenvalue weighted by atomic mass is 10.1. The lowest BCUT2D eigenvalue weighted by Gasteiger charge is -2.17. The maximum atomic E-state index is 13.6. The Morgan fingerprint density at radius 2 is 2.18 bits per heavy atom. The van der Waals surface area contributed by atoms with E-state index in [9.17, 15) is 4.39 Å². The van der Waals surface area contributed by atoms with Crippen LogP contribution in [0, 0.1) is 5.82 Å². The third kappa shape index (κ3) is 5.20. The average molecular weight is 323 g/mol. The third-order valence-electron chi connectivity index (χ3n) is 4.01. The van der Waals surface area contributed by atoms with Crippen molar-refractivity contribution in [3.63, 3.8) is 0 Å². The van der Waals surface area contributed by atoms with Gasteiger partial charge in [-0.3, -0.25) is 4.99 Å². The molecule has 0 spiro atoms. The SMILES string of the molecule is CCNC(=NCCc1ccccc1F)NC1CCC(SC)C1. The highest BCUT2D eigenvalue weighted by Gasteiger charge is 2.24. The number of thioether (sulfide) groups is 1. The van der Waals surface area contributed by atoms with Gasteiger partial charge >= 0.3 is 0 Å². The summed E-state index contributed by atoms with van der Waals surface area (Å²) in [7, 11) is 0. The van der Waals surface area contributed by atoms with Crippen LogP contribution in [0.1, 0.15) is 31.7 Å². The molecule has 1 saturated carbocycles. The first kappa shape index (κ1) is 17.1. The lowest BCUT2D eigenvalue weighted by Crippen LogP contribution is -2.42. The molecule has 1 aliphatic rings. The minimum absolute atomic E-state index is 0.144. The number of nitrogens with one attached hydrogen (secondary N) is 2. The van der Waals surface area contributed by atoms with E-state index in [1.807, 2.05) is 23.9 Å². The summed E-state index contributed by atoms with van der Waals surface area (Å²) in [6.07, 6.45) is 6.47. The minimum atomic E-state index is -0.144. The van der Waals surface area contributed by atoms with Gasteiger partial charge in [-0.2, -0.15) is 11.8 Å². The second kappa shape index (κ2) is 9.03. The number of halogens is 1. The van der Waals surface area contributed by atoms with Crippen LogP contribution in [0.3, 0.4) is 0 Å². The van der Waals surface area contributed by atoms with Crippen LogP contribution >= 0.6 is 11.8 Å². The predicted octanol–water partition coefficient (Wildman–Crippen LogP) is 3.21. The van der Waals surface area contributed by atoms with Gasteiger partial charge in [-0.25, -0.2) is 4.39 Å². The van der Waals surface area contributed by atoms with Crippen molar-refractivity contribution in [2.45, 2.75) is 43.9 Å². The normalized spacial score (nSPS) is 21.9. The quantitative estimate of drug-likeness (QED) is 0.623. The first-order valence-corrected chi connectivity index (χ1v) is 9.32.